The van der Waals surface area contributed by atoms with E-state index in [-0.39, 0.29) is 12.2 Å². The van der Waals surface area contributed by atoms with Crippen molar-refractivity contribution in [3.05, 3.63) is 76.6 Å². The number of halogens is 3. The van der Waals surface area contributed by atoms with E-state index in [9.17, 15) is 18.0 Å². The van der Waals surface area contributed by atoms with Gasteiger partial charge in [-0.15, -0.1) is 11.3 Å². The number of hydrogen-bond acceptors (Lipinski definition) is 4. The first-order valence-corrected chi connectivity index (χ1v) is 8.79. The van der Waals surface area contributed by atoms with E-state index in [1.54, 1.807) is 24.4 Å². The Morgan fingerprint density at radius 3 is 2.56 bits per heavy atom. The van der Waals surface area contributed by atoms with Crippen LogP contribution in [-0.2, 0) is 11.2 Å². The molecular formula is C19H14F3N3OS. The number of thiazole rings is 1. The summed E-state index contributed by atoms with van der Waals surface area (Å²) in [5.74, 6) is -2.66. The summed E-state index contributed by atoms with van der Waals surface area (Å²) in [4.78, 5) is 16.4. The molecule has 0 aliphatic carbocycles. The Kier molecular flexibility index (Phi) is 5.66. The molecular weight excluding hydrogens is 375 g/mol. The van der Waals surface area contributed by atoms with Crippen LogP contribution < -0.4 is 5.43 Å². The second kappa shape index (κ2) is 8.13. The molecule has 0 spiro atoms. The van der Waals surface area contributed by atoms with Crippen molar-refractivity contribution in [1.29, 1.82) is 0 Å². The second-order valence-corrected chi connectivity index (χ2v) is 6.55. The lowest BCUT2D eigenvalue weighted by atomic mass is 10.1. The number of carbonyl (C=O) groups excluding carboxylic acids is 1. The minimum Gasteiger partial charge on any atom is -0.273 e. The molecule has 0 atom stereocenters. The summed E-state index contributed by atoms with van der Waals surface area (Å²) in [6, 6.07) is 9.31. The first-order valence-electron chi connectivity index (χ1n) is 7.91. The average Bonchev–Trinajstić information content (AvgIpc) is 3.11. The third-order valence-corrected chi connectivity index (χ3v) is 4.61. The number of hydrazone groups is 1. The van der Waals surface area contributed by atoms with E-state index in [0.29, 0.717) is 22.0 Å². The Bertz CT molecular complexity index is 1000. The topological polar surface area (TPSA) is 54.4 Å². The molecule has 1 N–H and O–H groups in total. The van der Waals surface area contributed by atoms with Gasteiger partial charge in [-0.3, -0.25) is 4.79 Å². The van der Waals surface area contributed by atoms with Crippen molar-refractivity contribution in [3.63, 3.8) is 0 Å². The van der Waals surface area contributed by atoms with Crippen molar-refractivity contribution in [2.45, 2.75) is 13.3 Å². The van der Waals surface area contributed by atoms with Crippen LogP contribution in [0.3, 0.4) is 0 Å². The molecule has 0 aliphatic rings. The normalized spacial score (nSPS) is 11.5. The summed E-state index contributed by atoms with van der Waals surface area (Å²) >= 11 is 1.35. The van der Waals surface area contributed by atoms with Gasteiger partial charge in [-0.05, 0) is 49.4 Å². The smallest absolute Gasteiger partial charge is 0.246 e. The molecule has 0 saturated carbocycles. The Hall–Kier alpha value is -3.00. The summed E-state index contributed by atoms with van der Waals surface area (Å²) in [6.45, 7) is 1.57. The highest BCUT2D eigenvalue weighted by molar-refractivity contribution is 7.13. The Balaban J connectivity index is 1.62. The molecule has 0 aliphatic heterocycles. The first-order chi connectivity index (χ1) is 12.9. The zero-order valence-corrected chi connectivity index (χ0v) is 15.0. The molecule has 1 aromatic heterocycles. The lowest BCUT2D eigenvalue weighted by Crippen LogP contribution is -2.21. The van der Waals surface area contributed by atoms with Crippen LogP contribution in [0.25, 0.3) is 10.6 Å². The maximum atomic E-state index is 13.2. The molecule has 27 heavy (non-hydrogen) atoms. The predicted octanol–water partition coefficient (Wildman–Crippen LogP) is 4.31. The molecule has 0 radical (unpaired) electrons. The van der Waals surface area contributed by atoms with Gasteiger partial charge >= 0.3 is 0 Å². The van der Waals surface area contributed by atoms with Crippen LogP contribution >= 0.6 is 11.3 Å². The van der Waals surface area contributed by atoms with Crippen molar-refractivity contribution in [3.8, 4) is 10.6 Å². The molecule has 138 valence electrons. The van der Waals surface area contributed by atoms with Crippen LogP contribution in [0.5, 0.6) is 0 Å². The molecule has 8 heteroatoms. The molecule has 4 nitrogen and oxygen atoms in total. The summed E-state index contributed by atoms with van der Waals surface area (Å²) in [5, 5.41) is 6.32. The van der Waals surface area contributed by atoms with Gasteiger partial charge < -0.3 is 0 Å². The first kappa shape index (κ1) is 18.8. The van der Waals surface area contributed by atoms with Gasteiger partial charge in [0.15, 0.2) is 11.6 Å². The van der Waals surface area contributed by atoms with Gasteiger partial charge in [0.1, 0.15) is 10.8 Å². The minimum absolute atomic E-state index is 0.00620. The predicted molar refractivity (Wildman–Crippen MR) is 97.9 cm³/mol. The standard InChI is InChI=1S/C19H14F3N3OS/c1-11(13-4-7-16(21)17(22)8-13)24-25-18(26)9-15-10-27-19(23-15)12-2-5-14(20)6-3-12/h2-8,10H,9H2,1H3,(H,25,26)/b24-11-. The van der Waals surface area contributed by atoms with Crippen molar-refractivity contribution in [2.75, 3.05) is 0 Å². The van der Waals surface area contributed by atoms with Gasteiger partial charge in [0, 0.05) is 16.5 Å². The molecule has 0 saturated heterocycles. The van der Waals surface area contributed by atoms with E-state index in [1.165, 1.54) is 29.5 Å². The Morgan fingerprint density at radius 1 is 1.11 bits per heavy atom. The second-order valence-electron chi connectivity index (χ2n) is 5.69. The van der Waals surface area contributed by atoms with Crippen LogP contribution in [0.15, 0.2) is 52.9 Å². The number of carbonyl (C=O) groups is 1. The number of hydrogen-bond donors (Lipinski definition) is 1. The lowest BCUT2D eigenvalue weighted by Gasteiger charge is -2.03. The van der Waals surface area contributed by atoms with E-state index in [2.05, 4.69) is 15.5 Å². The van der Waals surface area contributed by atoms with Gasteiger partial charge in [0.2, 0.25) is 5.91 Å². The molecule has 0 bridgehead atoms. The molecule has 1 amide bonds. The van der Waals surface area contributed by atoms with Gasteiger partial charge in [0.25, 0.3) is 0 Å². The fourth-order valence-corrected chi connectivity index (χ4v) is 3.08. The van der Waals surface area contributed by atoms with Gasteiger partial charge in [-0.2, -0.15) is 5.10 Å². The summed E-state index contributed by atoms with van der Waals surface area (Å²) in [5.41, 5.74) is 4.39. The third kappa shape index (κ3) is 4.79. The quantitative estimate of drug-likeness (QED) is 0.522. The highest BCUT2D eigenvalue weighted by atomic mass is 32.1. The molecule has 3 rings (SSSR count). The maximum absolute atomic E-state index is 13.2. The zero-order valence-electron chi connectivity index (χ0n) is 14.2. The number of nitrogens with one attached hydrogen (secondary N) is 1. The number of amides is 1. The number of benzene rings is 2. The largest absolute Gasteiger partial charge is 0.273 e. The summed E-state index contributed by atoms with van der Waals surface area (Å²) in [7, 11) is 0. The third-order valence-electron chi connectivity index (χ3n) is 3.67. The Labute approximate surface area is 157 Å². The number of rotatable bonds is 5. The van der Waals surface area contributed by atoms with Crippen molar-refractivity contribution < 1.29 is 18.0 Å². The summed E-state index contributed by atoms with van der Waals surface area (Å²) in [6.07, 6.45) is 0.00620. The fourth-order valence-electron chi connectivity index (χ4n) is 2.25. The zero-order chi connectivity index (χ0) is 19.4. The minimum atomic E-state index is -0.982. The van der Waals surface area contributed by atoms with Crippen molar-refractivity contribution >= 4 is 23.0 Å². The van der Waals surface area contributed by atoms with Crippen LogP contribution in [0, 0.1) is 17.5 Å². The van der Waals surface area contributed by atoms with Crippen LogP contribution in [0.4, 0.5) is 13.2 Å². The molecule has 1 heterocycles. The van der Waals surface area contributed by atoms with Crippen LogP contribution in [0.1, 0.15) is 18.2 Å². The van der Waals surface area contributed by atoms with Gasteiger partial charge in [-0.1, -0.05) is 0 Å². The van der Waals surface area contributed by atoms with E-state index < -0.39 is 17.5 Å². The maximum Gasteiger partial charge on any atom is 0.246 e. The van der Waals surface area contributed by atoms with Crippen LogP contribution in [-0.4, -0.2) is 16.6 Å². The lowest BCUT2D eigenvalue weighted by molar-refractivity contribution is -0.120. The van der Waals surface area contributed by atoms with Gasteiger partial charge in [0.05, 0.1) is 17.8 Å². The van der Waals surface area contributed by atoms with E-state index in [0.717, 1.165) is 17.7 Å². The highest BCUT2D eigenvalue weighted by Crippen LogP contribution is 2.24. The molecule has 0 unspecified atom stereocenters. The van der Waals surface area contributed by atoms with Crippen LogP contribution in [0.2, 0.25) is 0 Å². The SMILES string of the molecule is C/C(=N/NC(=O)Cc1csc(-c2ccc(F)cc2)n1)c1ccc(F)c(F)c1. The fraction of sp³-hybridized carbons (Fsp3) is 0.105. The van der Waals surface area contributed by atoms with E-state index >= 15 is 0 Å². The molecule has 2 aromatic carbocycles. The van der Waals surface area contributed by atoms with Crippen molar-refractivity contribution in [1.82, 2.24) is 10.4 Å². The summed E-state index contributed by atoms with van der Waals surface area (Å²) < 4.78 is 39.2. The van der Waals surface area contributed by atoms with Gasteiger partial charge in [-0.25, -0.2) is 23.6 Å². The van der Waals surface area contributed by atoms with E-state index in [4.69, 9.17) is 0 Å². The van der Waals surface area contributed by atoms with E-state index in [1.807, 2.05) is 0 Å². The monoisotopic (exact) mass is 389 g/mol. The molecule has 3 aromatic rings. The molecule has 0 fully saturated rings. The number of aromatic nitrogens is 1. The van der Waals surface area contributed by atoms with Crippen molar-refractivity contribution in [2.24, 2.45) is 5.10 Å². The Morgan fingerprint density at radius 2 is 1.85 bits per heavy atom. The average molecular weight is 389 g/mol. The number of nitrogens with zero attached hydrogens (tertiary/aromatic N) is 2. The highest BCUT2D eigenvalue weighted by Gasteiger charge is 2.10.